The standard InChI is InChI=1S/C14H19N5O.HI/c1-10-7-12(19(2)18-10)9-16-14(15)17-11-5-4-6-13(8-11)20-3;/h4-8H,9H2,1-3H3,(H3,15,16,17);1H. The Balaban J connectivity index is 0.00000220. The zero-order valence-electron chi connectivity index (χ0n) is 12.3. The Hall–Kier alpha value is -1.77. The summed E-state index contributed by atoms with van der Waals surface area (Å²) in [6.07, 6.45) is 0. The Morgan fingerprint density at radius 1 is 1.43 bits per heavy atom. The third-order valence-electron chi connectivity index (χ3n) is 2.85. The van der Waals surface area contributed by atoms with Crippen molar-refractivity contribution in [1.29, 1.82) is 0 Å². The van der Waals surface area contributed by atoms with Crippen LogP contribution in [0.15, 0.2) is 35.3 Å². The summed E-state index contributed by atoms with van der Waals surface area (Å²) in [6, 6.07) is 9.51. The summed E-state index contributed by atoms with van der Waals surface area (Å²) in [6.45, 7) is 2.44. The zero-order valence-corrected chi connectivity index (χ0v) is 14.7. The Labute approximate surface area is 141 Å². The Morgan fingerprint density at radius 2 is 2.19 bits per heavy atom. The molecule has 0 amide bonds. The molecule has 0 atom stereocenters. The van der Waals surface area contributed by atoms with Crippen molar-refractivity contribution in [2.45, 2.75) is 13.5 Å². The van der Waals surface area contributed by atoms with Gasteiger partial charge in [-0.15, -0.1) is 24.0 Å². The lowest BCUT2D eigenvalue weighted by molar-refractivity contribution is 0.415. The maximum atomic E-state index is 5.87. The molecule has 3 N–H and O–H groups in total. The number of aliphatic imine (C=N–C) groups is 1. The van der Waals surface area contributed by atoms with Gasteiger partial charge < -0.3 is 15.8 Å². The number of guanidine groups is 1. The predicted octanol–water partition coefficient (Wildman–Crippen LogP) is 2.28. The molecule has 1 heterocycles. The Kier molecular flexibility index (Phi) is 6.47. The van der Waals surface area contributed by atoms with Gasteiger partial charge in [0, 0.05) is 18.8 Å². The molecular formula is C14H20IN5O. The molecule has 0 bridgehead atoms. The molecule has 114 valence electrons. The van der Waals surface area contributed by atoms with Crippen molar-refractivity contribution in [2.75, 3.05) is 12.4 Å². The minimum atomic E-state index is 0. The average molecular weight is 401 g/mol. The van der Waals surface area contributed by atoms with Crippen LogP contribution in [0.25, 0.3) is 0 Å². The highest BCUT2D eigenvalue weighted by Gasteiger charge is 2.02. The molecule has 6 nitrogen and oxygen atoms in total. The molecule has 2 rings (SSSR count). The number of ether oxygens (including phenoxy) is 1. The minimum absolute atomic E-state index is 0. The van der Waals surface area contributed by atoms with Gasteiger partial charge in [0.2, 0.25) is 0 Å². The highest BCUT2D eigenvalue weighted by atomic mass is 127. The van der Waals surface area contributed by atoms with E-state index in [2.05, 4.69) is 15.4 Å². The molecule has 7 heteroatoms. The molecule has 0 aliphatic heterocycles. The van der Waals surface area contributed by atoms with E-state index in [1.165, 1.54) is 0 Å². The summed E-state index contributed by atoms with van der Waals surface area (Å²) in [4.78, 5) is 4.30. The number of nitrogens with one attached hydrogen (secondary N) is 1. The second-order valence-corrected chi connectivity index (χ2v) is 4.46. The molecule has 1 aromatic carbocycles. The summed E-state index contributed by atoms with van der Waals surface area (Å²) in [5.74, 6) is 1.13. The number of anilines is 1. The number of aryl methyl sites for hydroxylation is 2. The third-order valence-corrected chi connectivity index (χ3v) is 2.85. The number of methoxy groups -OCH3 is 1. The number of nitrogens with two attached hydrogens (primary N) is 1. The van der Waals surface area contributed by atoms with Gasteiger partial charge in [0.1, 0.15) is 5.75 Å². The fourth-order valence-corrected chi connectivity index (χ4v) is 1.87. The first-order valence-electron chi connectivity index (χ1n) is 6.29. The van der Waals surface area contributed by atoms with Crippen molar-refractivity contribution in [3.05, 3.63) is 41.7 Å². The molecule has 0 fully saturated rings. The number of halogens is 1. The number of benzene rings is 1. The van der Waals surface area contributed by atoms with Crippen LogP contribution >= 0.6 is 24.0 Å². The maximum absolute atomic E-state index is 5.87. The smallest absolute Gasteiger partial charge is 0.193 e. The normalized spacial score (nSPS) is 10.9. The first-order valence-corrected chi connectivity index (χ1v) is 6.29. The van der Waals surface area contributed by atoms with E-state index < -0.39 is 0 Å². The first-order chi connectivity index (χ1) is 9.58. The van der Waals surface area contributed by atoms with Gasteiger partial charge in [-0.3, -0.25) is 4.68 Å². The highest BCUT2D eigenvalue weighted by molar-refractivity contribution is 14.0. The van der Waals surface area contributed by atoms with E-state index >= 15 is 0 Å². The maximum Gasteiger partial charge on any atom is 0.193 e. The highest BCUT2D eigenvalue weighted by Crippen LogP contribution is 2.16. The summed E-state index contributed by atoms with van der Waals surface area (Å²) in [7, 11) is 3.52. The monoisotopic (exact) mass is 401 g/mol. The van der Waals surface area contributed by atoms with Crippen LogP contribution in [0, 0.1) is 6.92 Å². The van der Waals surface area contributed by atoms with Gasteiger partial charge in [0.05, 0.1) is 25.0 Å². The zero-order chi connectivity index (χ0) is 14.5. The van der Waals surface area contributed by atoms with Crippen molar-refractivity contribution in [2.24, 2.45) is 17.8 Å². The van der Waals surface area contributed by atoms with Crippen molar-refractivity contribution in [1.82, 2.24) is 9.78 Å². The van der Waals surface area contributed by atoms with E-state index in [1.54, 1.807) is 11.8 Å². The van der Waals surface area contributed by atoms with Gasteiger partial charge >= 0.3 is 0 Å². The summed E-state index contributed by atoms with van der Waals surface area (Å²) in [5, 5.41) is 7.30. The van der Waals surface area contributed by atoms with E-state index in [0.29, 0.717) is 12.5 Å². The van der Waals surface area contributed by atoms with Crippen LogP contribution in [0.5, 0.6) is 5.75 Å². The molecule has 0 saturated carbocycles. The molecule has 0 saturated heterocycles. The minimum Gasteiger partial charge on any atom is -0.497 e. The molecule has 1 aromatic heterocycles. The van der Waals surface area contributed by atoms with Gasteiger partial charge in [-0.25, -0.2) is 4.99 Å². The molecular weight excluding hydrogens is 381 g/mol. The van der Waals surface area contributed by atoms with Gasteiger partial charge in [-0.2, -0.15) is 5.10 Å². The summed E-state index contributed by atoms with van der Waals surface area (Å²) >= 11 is 0. The van der Waals surface area contributed by atoms with Crippen molar-refractivity contribution < 1.29 is 4.74 Å². The molecule has 0 radical (unpaired) electrons. The topological polar surface area (TPSA) is 77.5 Å². The molecule has 0 spiro atoms. The quantitative estimate of drug-likeness (QED) is 0.468. The molecule has 21 heavy (non-hydrogen) atoms. The molecule has 0 aliphatic carbocycles. The van der Waals surface area contributed by atoms with E-state index in [4.69, 9.17) is 10.5 Å². The van der Waals surface area contributed by atoms with Crippen LogP contribution in [0.4, 0.5) is 5.69 Å². The van der Waals surface area contributed by atoms with Gasteiger partial charge in [0.25, 0.3) is 0 Å². The molecule has 0 unspecified atom stereocenters. The van der Waals surface area contributed by atoms with Crippen LogP contribution in [0.2, 0.25) is 0 Å². The number of hydrogen-bond acceptors (Lipinski definition) is 3. The van der Waals surface area contributed by atoms with Gasteiger partial charge in [-0.05, 0) is 25.1 Å². The van der Waals surface area contributed by atoms with Gasteiger partial charge in [-0.1, -0.05) is 6.07 Å². The lowest BCUT2D eigenvalue weighted by atomic mass is 10.3. The lowest BCUT2D eigenvalue weighted by Gasteiger charge is -2.07. The number of aromatic nitrogens is 2. The number of nitrogens with zero attached hydrogens (tertiary/aromatic N) is 3. The second-order valence-electron chi connectivity index (χ2n) is 4.46. The number of rotatable bonds is 4. The average Bonchev–Trinajstić information content (AvgIpc) is 2.75. The van der Waals surface area contributed by atoms with E-state index in [0.717, 1.165) is 22.8 Å². The van der Waals surface area contributed by atoms with Crippen molar-refractivity contribution in [3.63, 3.8) is 0 Å². The van der Waals surface area contributed by atoms with Crippen molar-refractivity contribution in [3.8, 4) is 5.75 Å². The van der Waals surface area contributed by atoms with E-state index in [9.17, 15) is 0 Å². The van der Waals surface area contributed by atoms with Crippen LogP contribution < -0.4 is 15.8 Å². The molecule has 0 aliphatic rings. The Bertz CT molecular complexity index is 624. The van der Waals surface area contributed by atoms with Crippen LogP contribution in [0.1, 0.15) is 11.4 Å². The third kappa shape index (κ3) is 4.92. The molecule has 2 aromatic rings. The Morgan fingerprint density at radius 3 is 2.81 bits per heavy atom. The van der Waals surface area contributed by atoms with Gasteiger partial charge in [0.15, 0.2) is 5.96 Å². The lowest BCUT2D eigenvalue weighted by Crippen LogP contribution is -2.22. The fourth-order valence-electron chi connectivity index (χ4n) is 1.87. The second kappa shape index (κ2) is 7.87. The van der Waals surface area contributed by atoms with Crippen LogP contribution in [-0.4, -0.2) is 22.8 Å². The summed E-state index contributed by atoms with van der Waals surface area (Å²) < 4.78 is 6.96. The van der Waals surface area contributed by atoms with Crippen LogP contribution in [-0.2, 0) is 13.6 Å². The van der Waals surface area contributed by atoms with Crippen molar-refractivity contribution >= 4 is 35.6 Å². The first kappa shape index (κ1) is 17.3. The summed E-state index contributed by atoms with van der Waals surface area (Å²) in [5.41, 5.74) is 8.69. The number of hydrogen-bond donors (Lipinski definition) is 2. The largest absolute Gasteiger partial charge is 0.497 e. The van der Waals surface area contributed by atoms with Crippen LogP contribution in [0.3, 0.4) is 0 Å². The van der Waals surface area contributed by atoms with E-state index in [1.807, 2.05) is 44.3 Å². The fraction of sp³-hybridized carbons (Fsp3) is 0.286. The van der Waals surface area contributed by atoms with E-state index in [-0.39, 0.29) is 24.0 Å². The SMILES string of the molecule is COc1cccc(NC(N)=NCc2cc(C)nn2C)c1.I. The predicted molar refractivity (Wildman–Crippen MR) is 95.3 cm³/mol.